The van der Waals surface area contributed by atoms with Gasteiger partial charge in [-0.25, -0.2) is 4.98 Å². The maximum absolute atomic E-state index is 12.5. The van der Waals surface area contributed by atoms with Crippen molar-refractivity contribution in [3.63, 3.8) is 0 Å². The van der Waals surface area contributed by atoms with Crippen LogP contribution in [-0.2, 0) is 16.1 Å². The normalized spacial score (nSPS) is 19.2. The van der Waals surface area contributed by atoms with Crippen LogP contribution in [0.5, 0.6) is 0 Å². The van der Waals surface area contributed by atoms with Gasteiger partial charge in [-0.15, -0.1) is 0 Å². The summed E-state index contributed by atoms with van der Waals surface area (Å²) in [6.45, 7) is 8.57. The highest BCUT2D eigenvalue weighted by Gasteiger charge is 2.34. The molecule has 1 aliphatic rings. The van der Waals surface area contributed by atoms with Gasteiger partial charge in [0.05, 0.1) is 0 Å². The Balaban J connectivity index is 1.96. The third-order valence-electron chi connectivity index (χ3n) is 4.48. The molecule has 23 heavy (non-hydrogen) atoms. The van der Waals surface area contributed by atoms with Gasteiger partial charge in [0, 0.05) is 58.1 Å². The van der Waals surface area contributed by atoms with Crippen LogP contribution in [-0.4, -0.2) is 69.9 Å². The van der Waals surface area contributed by atoms with E-state index in [2.05, 4.69) is 29.0 Å². The first-order valence-corrected chi connectivity index (χ1v) is 8.17. The summed E-state index contributed by atoms with van der Waals surface area (Å²) < 4.78 is 1.97. The van der Waals surface area contributed by atoms with E-state index in [9.17, 15) is 9.59 Å². The number of piperazine rings is 1. The van der Waals surface area contributed by atoms with Gasteiger partial charge in [-0.3, -0.25) is 14.5 Å². The van der Waals surface area contributed by atoms with Gasteiger partial charge in [-0.2, -0.15) is 0 Å². The number of imidazole rings is 1. The largest absolute Gasteiger partial charge is 0.358 e. The molecule has 1 aromatic rings. The molecular formula is C16H27N5O2. The number of likely N-dealkylation sites (N-methyl/N-ethyl adjacent to an activating group) is 1. The molecule has 1 aromatic heterocycles. The molecule has 1 saturated heterocycles. The van der Waals surface area contributed by atoms with E-state index in [1.807, 2.05) is 22.6 Å². The smallest absolute Gasteiger partial charge is 0.238 e. The minimum atomic E-state index is -0.271. The zero-order valence-electron chi connectivity index (χ0n) is 14.5. The minimum absolute atomic E-state index is 0.0262. The molecule has 0 radical (unpaired) electrons. The highest BCUT2D eigenvalue weighted by atomic mass is 16.2. The lowest BCUT2D eigenvalue weighted by atomic mass is 10.1. The van der Waals surface area contributed by atoms with Crippen molar-refractivity contribution in [3.8, 4) is 0 Å². The highest BCUT2D eigenvalue weighted by molar-refractivity contribution is 5.83. The van der Waals surface area contributed by atoms with E-state index in [1.165, 1.54) is 0 Å². The summed E-state index contributed by atoms with van der Waals surface area (Å²) in [7, 11) is 1.64. The molecule has 128 valence electrons. The van der Waals surface area contributed by atoms with Gasteiger partial charge >= 0.3 is 0 Å². The molecule has 2 rings (SSSR count). The van der Waals surface area contributed by atoms with Gasteiger partial charge in [0.15, 0.2) is 0 Å². The van der Waals surface area contributed by atoms with Crippen molar-refractivity contribution in [2.45, 2.75) is 45.8 Å². The summed E-state index contributed by atoms with van der Waals surface area (Å²) in [6, 6.07) is 0.0100. The van der Waals surface area contributed by atoms with E-state index in [0.717, 1.165) is 12.4 Å². The molecule has 0 saturated carbocycles. The summed E-state index contributed by atoms with van der Waals surface area (Å²) >= 11 is 0. The van der Waals surface area contributed by atoms with Gasteiger partial charge in [-0.05, 0) is 20.8 Å². The van der Waals surface area contributed by atoms with Gasteiger partial charge in [0.1, 0.15) is 11.9 Å². The zero-order valence-corrected chi connectivity index (χ0v) is 14.5. The first-order valence-electron chi connectivity index (χ1n) is 8.17. The Morgan fingerprint density at radius 1 is 1.39 bits per heavy atom. The van der Waals surface area contributed by atoms with Crippen LogP contribution in [0, 0.1) is 6.92 Å². The first-order chi connectivity index (χ1) is 10.9. The van der Waals surface area contributed by atoms with Crippen LogP contribution in [0.4, 0.5) is 0 Å². The molecule has 2 amide bonds. The molecule has 2 heterocycles. The molecule has 1 fully saturated rings. The Hall–Kier alpha value is -1.89. The number of carbonyl (C=O) groups excluding carboxylic acids is 2. The quantitative estimate of drug-likeness (QED) is 0.844. The van der Waals surface area contributed by atoms with Crippen LogP contribution in [0.25, 0.3) is 0 Å². The minimum Gasteiger partial charge on any atom is -0.358 e. The Kier molecular flexibility index (Phi) is 5.76. The number of hydrogen-bond acceptors (Lipinski definition) is 4. The average molecular weight is 321 g/mol. The molecule has 1 N–H and O–H groups in total. The van der Waals surface area contributed by atoms with E-state index >= 15 is 0 Å². The van der Waals surface area contributed by atoms with Gasteiger partial charge in [-0.1, -0.05) is 0 Å². The van der Waals surface area contributed by atoms with Gasteiger partial charge in [0.2, 0.25) is 11.8 Å². The first kappa shape index (κ1) is 17.5. The van der Waals surface area contributed by atoms with Crippen LogP contribution >= 0.6 is 0 Å². The van der Waals surface area contributed by atoms with Crippen molar-refractivity contribution in [2.75, 3.05) is 26.7 Å². The number of nitrogens with one attached hydrogen (secondary N) is 1. The second kappa shape index (κ2) is 7.59. The number of aromatic nitrogens is 2. The monoisotopic (exact) mass is 321 g/mol. The summed E-state index contributed by atoms with van der Waals surface area (Å²) in [4.78, 5) is 32.7. The van der Waals surface area contributed by atoms with Crippen molar-refractivity contribution in [3.05, 3.63) is 18.2 Å². The second-order valence-electron chi connectivity index (χ2n) is 6.22. The molecule has 7 nitrogen and oxygen atoms in total. The van der Waals surface area contributed by atoms with Crippen molar-refractivity contribution >= 4 is 11.8 Å². The molecular weight excluding hydrogens is 294 g/mol. The third-order valence-corrected chi connectivity index (χ3v) is 4.48. The van der Waals surface area contributed by atoms with Crippen LogP contribution < -0.4 is 5.32 Å². The topological polar surface area (TPSA) is 70.5 Å². The van der Waals surface area contributed by atoms with E-state index in [1.54, 1.807) is 13.2 Å². The van der Waals surface area contributed by atoms with Crippen LogP contribution in [0.15, 0.2) is 12.4 Å². The third kappa shape index (κ3) is 4.10. The summed E-state index contributed by atoms with van der Waals surface area (Å²) in [5.74, 6) is 0.975. The van der Waals surface area contributed by atoms with E-state index in [-0.39, 0.29) is 23.9 Å². The Morgan fingerprint density at radius 2 is 2.13 bits per heavy atom. The lowest BCUT2D eigenvalue weighted by molar-refractivity contribution is -0.139. The van der Waals surface area contributed by atoms with Crippen LogP contribution in [0.2, 0.25) is 0 Å². The highest BCUT2D eigenvalue weighted by Crippen LogP contribution is 2.15. The van der Waals surface area contributed by atoms with Crippen LogP contribution in [0.1, 0.15) is 26.1 Å². The van der Waals surface area contributed by atoms with E-state index in [0.29, 0.717) is 26.1 Å². The molecule has 1 aliphatic heterocycles. The maximum atomic E-state index is 12.5. The predicted molar refractivity (Wildman–Crippen MR) is 87.9 cm³/mol. The van der Waals surface area contributed by atoms with Crippen molar-refractivity contribution < 1.29 is 9.59 Å². The molecule has 1 atom stereocenters. The lowest BCUT2D eigenvalue weighted by Crippen LogP contribution is -2.61. The fraction of sp³-hybridized carbons (Fsp3) is 0.688. The maximum Gasteiger partial charge on any atom is 0.238 e. The Labute approximate surface area is 137 Å². The number of rotatable bonds is 5. The molecule has 0 spiro atoms. The Morgan fingerprint density at radius 3 is 2.70 bits per heavy atom. The second-order valence-corrected chi connectivity index (χ2v) is 6.22. The summed E-state index contributed by atoms with van der Waals surface area (Å²) in [6.07, 6.45) is 4.05. The van der Waals surface area contributed by atoms with E-state index < -0.39 is 0 Å². The number of hydrogen-bond donors (Lipinski definition) is 1. The fourth-order valence-corrected chi connectivity index (χ4v) is 3.06. The van der Waals surface area contributed by atoms with Crippen molar-refractivity contribution in [1.29, 1.82) is 0 Å². The average Bonchev–Trinajstić information content (AvgIpc) is 2.96. The molecule has 0 aromatic carbocycles. The standard InChI is InChI=1S/C16H27N5O2/c1-12(2)21-10-9-20(11-14(21)16(23)17-4)15(22)5-7-19-8-6-18-13(19)3/h6,8,12,14H,5,7,9-11H2,1-4H3,(H,17,23). The molecule has 1 unspecified atom stereocenters. The number of aryl methyl sites for hydroxylation is 2. The van der Waals surface area contributed by atoms with Gasteiger partial charge < -0.3 is 14.8 Å². The van der Waals surface area contributed by atoms with Crippen LogP contribution in [0.3, 0.4) is 0 Å². The Bertz CT molecular complexity index is 554. The molecule has 7 heteroatoms. The van der Waals surface area contributed by atoms with E-state index in [4.69, 9.17) is 0 Å². The fourth-order valence-electron chi connectivity index (χ4n) is 3.06. The van der Waals surface area contributed by atoms with Gasteiger partial charge in [0.25, 0.3) is 0 Å². The zero-order chi connectivity index (χ0) is 17.0. The molecule has 0 bridgehead atoms. The number of amides is 2. The summed E-state index contributed by atoms with van der Waals surface area (Å²) in [5, 5.41) is 2.71. The molecule has 0 aliphatic carbocycles. The SMILES string of the molecule is CNC(=O)C1CN(C(=O)CCn2ccnc2C)CCN1C(C)C. The number of carbonyl (C=O) groups is 2. The summed E-state index contributed by atoms with van der Waals surface area (Å²) in [5.41, 5.74) is 0. The number of nitrogens with zero attached hydrogens (tertiary/aromatic N) is 4. The lowest BCUT2D eigenvalue weighted by Gasteiger charge is -2.42. The van der Waals surface area contributed by atoms with Crippen molar-refractivity contribution in [1.82, 2.24) is 24.7 Å². The predicted octanol–water partition coefficient (Wildman–Crippen LogP) is 0.249. The van der Waals surface area contributed by atoms with Crippen molar-refractivity contribution in [2.24, 2.45) is 0 Å².